The molecule has 2 aromatic carbocycles. The van der Waals surface area contributed by atoms with Crippen LogP contribution >= 0.6 is 0 Å². The van der Waals surface area contributed by atoms with Crippen LogP contribution in [0, 0.1) is 0 Å². The summed E-state index contributed by atoms with van der Waals surface area (Å²) in [6.07, 6.45) is 4.68. The Morgan fingerprint density at radius 3 is 1.19 bits per heavy atom. The van der Waals surface area contributed by atoms with Gasteiger partial charge in [0.25, 0.3) is 0 Å². The number of unbranched alkanes of at least 4 members (excludes halogenated alkanes) is 1. The fraction of sp³-hybridized carbons (Fsp3) is 0.182. The van der Waals surface area contributed by atoms with Gasteiger partial charge in [0.1, 0.15) is 0 Å². The molecule has 2 aromatic rings. The Balaban J connectivity index is 0.000000363. The highest BCUT2D eigenvalue weighted by Gasteiger charge is 1.99. The number of rotatable bonds is 7. The highest BCUT2D eigenvalue weighted by molar-refractivity contribution is 5.67. The fourth-order valence-corrected chi connectivity index (χ4v) is 1.73. The molecular formula is C22H26O4. The van der Waals surface area contributed by atoms with Gasteiger partial charge in [-0.15, -0.1) is 0 Å². The fourth-order valence-electron chi connectivity index (χ4n) is 1.73. The second-order valence-electron chi connectivity index (χ2n) is 5.22. The molecule has 4 nitrogen and oxygen atoms in total. The molecule has 2 N–H and O–H groups in total. The minimum absolute atomic E-state index is 0.0628. The third kappa shape index (κ3) is 14.5. The normalized spacial score (nSPS) is 8.77. The van der Waals surface area contributed by atoms with Crippen LogP contribution in [0.2, 0.25) is 0 Å². The molecule has 0 spiro atoms. The van der Waals surface area contributed by atoms with Gasteiger partial charge in [0.15, 0.2) is 0 Å². The Morgan fingerprint density at radius 1 is 0.692 bits per heavy atom. The highest BCUT2D eigenvalue weighted by Crippen LogP contribution is 1.99. The van der Waals surface area contributed by atoms with Crippen molar-refractivity contribution in [1.82, 2.24) is 0 Å². The summed E-state index contributed by atoms with van der Waals surface area (Å²) in [5.74, 6) is -1.74. The molecule has 0 unspecified atom stereocenters. The molecule has 0 saturated carbocycles. The van der Waals surface area contributed by atoms with E-state index in [0.717, 1.165) is 0 Å². The number of hydrogen-bond acceptors (Lipinski definition) is 2. The molecule has 0 bridgehead atoms. The van der Waals surface area contributed by atoms with Crippen molar-refractivity contribution in [1.29, 1.82) is 0 Å². The van der Waals surface area contributed by atoms with Crippen LogP contribution in [0.3, 0.4) is 0 Å². The maximum Gasteiger partial charge on any atom is 0.303 e. The van der Waals surface area contributed by atoms with Crippen molar-refractivity contribution in [3.05, 3.63) is 84.9 Å². The summed E-state index contributed by atoms with van der Waals surface area (Å²) < 4.78 is 0. The van der Waals surface area contributed by atoms with E-state index in [1.165, 1.54) is 11.1 Å². The summed E-state index contributed by atoms with van der Waals surface area (Å²) in [5.41, 5.74) is 2.35. The minimum atomic E-state index is -0.870. The zero-order chi connectivity index (χ0) is 19.6. The van der Waals surface area contributed by atoms with E-state index in [1.54, 1.807) is 0 Å². The van der Waals surface area contributed by atoms with Crippen molar-refractivity contribution < 1.29 is 19.8 Å². The van der Waals surface area contributed by atoms with Gasteiger partial charge in [-0.2, -0.15) is 0 Å². The van der Waals surface area contributed by atoms with E-state index in [4.69, 9.17) is 10.2 Å². The van der Waals surface area contributed by atoms with Gasteiger partial charge < -0.3 is 10.2 Å². The summed E-state index contributed by atoms with van der Waals surface area (Å²) in [6.45, 7) is 7.26. The molecule has 0 amide bonds. The summed E-state index contributed by atoms with van der Waals surface area (Å²) in [7, 11) is 0. The largest absolute Gasteiger partial charge is 0.481 e. The molecule has 2 rings (SSSR count). The topological polar surface area (TPSA) is 74.6 Å². The van der Waals surface area contributed by atoms with Gasteiger partial charge in [0.05, 0.1) is 0 Å². The number of hydrogen-bond donors (Lipinski definition) is 2. The zero-order valence-corrected chi connectivity index (χ0v) is 14.9. The van der Waals surface area contributed by atoms with E-state index in [1.807, 2.05) is 72.8 Å². The van der Waals surface area contributed by atoms with Crippen LogP contribution in [0.25, 0.3) is 12.2 Å². The first-order valence-corrected chi connectivity index (χ1v) is 8.28. The summed E-state index contributed by atoms with van der Waals surface area (Å²) >= 11 is 0. The van der Waals surface area contributed by atoms with E-state index < -0.39 is 11.9 Å². The van der Waals surface area contributed by atoms with Crippen LogP contribution < -0.4 is 0 Å². The number of carboxylic acid groups (broad SMARTS) is 2. The quantitative estimate of drug-likeness (QED) is 0.655. The Kier molecular flexibility index (Phi) is 13.5. The maximum atomic E-state index is 9.90. The van der Waals surface area contributed by atoms with Gasteiger partial charge >= 0.3 is 11.9 Å². The molecule has 0 aliphatic rings. The molecule has 0 fully saturated rings. The van der Waals surface area contributed by atoms with Crippen LogP contribution in [0.15, 0.2) is 73.8 Å². The third-order valence-corrected chi connectivity index (χ3v) is 3.10. The average molecular weight is 354 g/mol. The van der Waals surface area contributed by atoms with Gasteiger partial charge in [0.2, 0.25) is 0 Å². The van der Waals surface area contributed by atoms with Gasteiger partial charge in [0, 0.05) is 12.8 Å². The van der Waals surface area contributed by atoms with Crippen molar-refractivity contribution in [2.24, 2.45) is 0 Å². The lowest BCUT2D eigenvalue weighted by Gasteiger charge is -1.92. The lowest BCUT2D eigenvalue weighted by molar-refractivity contribution is -0.139. The number of carboxylic acids is 2. The molecule has 138 valence electrons. The zero-order valence-electron chi connectivity index (χ0n) is 14.9. The molecular weight excluding hydrogens is 328 g/mol. The summed E-state index contributed by atoms with van der Waals surface area (Å²) in [6, 6.07) is 20.1. The van der Waals surface area contributed by atoms with E-state index in [9.17, 15) is 9.59 Å². The summed E-state index contributed by atoms with van der Waals surface area (Å²) in [4.78, 5) is 19.8. The van der Waals surface area contributed by atoms with Crippen LogP contribution in [-0.4, -0.2) is 22.2 Å². The monoisotopic (exact) mass is 354 g/mol. The van der Waals surface area contributed by atoms with Crippen LogP contribution in [0.1, 0.15) is 36.8 Å². The smallest absolute Gasteiger partial charge is 0.303 e. The van der Waals surface area contributed by atoms with E-state index >= 15 is 0 Å². The predicted molar refractivity (Wildman–Crippen MR) is 107 cm³/mol. The van der Waals surface area contributed by atoms with Crippen LogP contribution in [-0.2, 0) is 9.59 Å². The lowest BCUT2D eigenvalue weighted by Crippen LogP contribution is -1.97. The first-order valence-electron chi connectivity index (χ1n) is 8.28. The van der Waals surface area contributed by atoms with Crippen molar-refractivity contribution >= 4 is 24.1 Å². The van der Waals surface area contributed by atoms with Crippen molar-refractivity contribution in [3.8, 4) is 0 Å². The number of benzene rings is 2. The molecule has 4 heteroatoms. The first kappa shape index (κ1) is 22.9. The summed E-state index contributed by atoms with van der Waals surface area (Å²) in [5, 5.41) is 16.3. The van der Waals surface area contributed by atoms with E-state index in [-0.39, 0.29) is 12.8 Å². The van der Waals surface area contributed by atoms with Crippen LogP contribution in [0.4, 0.5) is 0 Å². The van der Waals surface area contributed by atoms with Gasteiger partial charge in [-0.25, -0.2) is 0 Å². The SMILES string of the molecule is C=Cc1ccccc1.C=Cc1ccccc1.O=C(O)CCCCC(=O)O. The Hall–Kier alpha value is -3.14. The lowest BCUT2D eigenvalue weighted by atomic mass is 10.2. The molecule has 0 radical (unpaired) electrons. The average Bonchev–Trinajstić information content (AvgIpc) is 2.67. The minimum Gasteiger partial charge on any atom is -0.481 e. The molecule has 0 aromatic heterocycles. The molecule has 0 aliphatic carbocycles. The van der Waals surface area contributed by atoms with Crippen molar-refractivity contribution in [2.45, 2.75) is 25.7 Å². The predicted octanol–water partition coefficient (Wildman–Crippen LogP) is 5.38. The second kappa shape index (κ2) is 15.4. The Morgan fingerprint density at radius 2 is 1.00 bits per heavy atom. The highest BCUT2D eigenvalue weighted by atomic mass is 16.4. The van der Waals surface area contributed by atoms with Crippen molar-refractivity contribution in [2.75, 3.05) is 0 Å². The molecule has 0 atom stereocenters. The number of carbonyl (C=O) groups is 2. The van der Waals surface area contributed by atoms with Gasteiger partial charge in [-0.1, -0.05) is 86.0 Å². The van der Waals surface area contributed by atoms with E-state index in [2.05, 4.69) is 13.2 Å². The van der Waals surface area contributed by atoms with E-state index in [0.29, 0.717) is 12.8 Å². The maximum absolute atomic E-state index is 9.90. The molecule has 26 heavy (non-hydrogen) atoms. The second-order valence-corrected chi connectivity index (χ2v) is 5.22. The van der Waals surface area contributed by atoms with Crippen LogP contribution in [0.5, 0.6) is 0 Å². The molecule has 0 saturated heterocycles. The first-order chi connectivity index (χ1) is 12.5. The molecule has 0 heterocycles. The van der Waals surface area contributed by atoms with Gasteiger partial charge in [-0.05, 0) is 24.0 Å². The van der Waals surface area contributed by atoms with Gasteiger partial charge in [-0.3, -0.25) is 9.59 Å². The number of aliphatic carboxylic acids is 2. The molecule has 0 aliphatic heterocycles. The third-order valence-electron chi connectivity index (χ3n) is 3.10. The Labute approximate surface area is 155 Å². The standard InChI is InChI=1S/2C8H8.C6H10O4/c2*1-2-8-6-4-3-5-7-8;7-5(8)3-1-2-4-6(9)10/h2*2-7H,1H2;1-4H2,(H,7,8)(H,9,10). The Bertz CT molecular complexity index is 589. The van der Waals surface area contributed by atoms with Crippen molar-refractivity contribution in [3.63, 3.8) is 0 Å².